The molecule has 148 valence electrons. The molecule has 1 aromatic heterocycles. The molecular weight excluding hydrogens is 477 g/mol. The molecule has 0 unspecified atom stereocenters. The van der Waals surface area contributed by atoms with Crippen LogP contribution in [0.5, 0.6) is 5.75 Å². The maximum absolute atomic E-state index is 12.0. The van der Waals surface area contributed by atoms with Crippen LogP contribution < -0.4 is 16.0 Å². The molecule has 0 saturated carbocycles. The molecule has 0 atom stereocenters. The number of amides is 1. The summed E-state index contributed by atoms with van der Waals surface area (Å²) >= 11 is 1.61. The zero-order valence-electron chi connectivity index (χ0n) is 15.7. The maximum Gasteiger partial charge on any atom is 0.246 e. The van der Waals surface area contributed by atoms with Crippen LogP contribution in [0.4, 0.5) is 5.69 Å². The number of guanidine groups is 1. The van der Waals surface area contributed by atoms with Crippen molar-refractivity contribution in [2.24, 2.45) is 4.99 Å². The second-order valence-corrected chi connectivity index (χ2v) is 6.91. The van der Waals surface area contributed by atoms with Gasteiger partial charge in [-0.2, -0.15) is 0 Å². The molecule has 0 spiro atoms. The minimum Gasteiger partial charge on any atom is -0.508 e. The summed E-state index contributed by atoms with van der Waals surface area (Å²) in [7, 11) is 0. The quantitative estimate of drug-likeness (QED) is 0.201. The molecule has 1 aromatic carbocycles. The monoisotopic (exact) mass is 503 g/mol. The molecule has 0 aliphatic heterocycles. The number of aromatic hydroxyl groups is 1. The van der Waals surface area contributed by atoms with Gasteiger partial charge in [-0.25, -0.2) is 9.98 Å². The smallest absolute Gasteiger partial charge is 0.246 e. The van der Waals surface area contributed by atoms with Gasteiger partial charge >= 0.3 is 0 Å². The number of aromatic nitrogens is 1. The lowest BCUT2D eigenvalue weighted by Gasteiger charge is -2.10. The van der Waals surface area contributed by atoms with E-state index in [0.29, 0.717) is 30.7 Å². The first kappa shape index (κ1) is 23.2. The topological polar surface area (TPSA) is 98.6 Å². The average molecular weight is 503 g/mol. The number of anilines is 1. The third-order valence-corrected chi connectivity index (χ3v) is 4.31. The standard InChI is InChI=1S/C18H25N5O2S.HI/c1-4-19-18(21-10-17-23-15(11-26-17)12(2)3)20-9-16(25)22-13-5-7-14(24)8-6-13;/h5-8,11-12,24H,4,9-10H2,1-3H3,(H,22,25)(H2,19,20,21);1H. The molecule has 27 heavy (non-hydrogen) atoms. The van der Waals surface area contributed by atoms with E-state index in [4.69, 9.17) is 0 Å². The first-order valence-electron chi connectivity index (χ1n) is 8.53. The van der Waals surface area contributed by atoms with Crippen LogP contribution >= 0.6 is 35.3 Å². The molecular formula is C18H26IN5O2S. The SMILES string of the molecule is CCNC(=NCC(=O)Nc1ccc(O)cc1)NCc1nc(C(C)C)cs1.I. The number of rotatable bonds is 7. The number of hydrogen-bond donors (Lipinski definition) is 4. The maximum atomic E-state index is 12.0. The zero-order chi connectivity index (χ0) is 18.9. The van der Waals surface area contributed by atoms with Crippen LogP contribution in [0.15, 0.2) is 34.6 Å². The van der Waals surface area contributed by atoms with E-state index < -0.39 is 0 Å². The lowest BCUT2D eigenvalue weighted by atomic mass is 10.2. The van der Waals surface area contributed by atoms with E-state index >= 15 is 0 Å². The van der Waals surface area contributed by atoms with Crippen molar-refractivity contribution >= 4 is 52.9 Å². The van der Waals surface area contributed by atoms with Crippen molar-refractivity contribution in [3.63, 3.8) is 0 Å². The van der Waals surface area contributed by atoms with E-state index in [0.717, 1.165) is 10.7 Å². The molecule has 2 rings (SSSR count). The Kier molecular flexibility index (Phi) is 10.1. The summed E-state index contributed by atoms with van der Waals surface area (Å²) in [6.07, 6.45) is 0. The Hall–Kier alpha value is -1.88. The van der Waals surface area contributed by atoms with Gasteiger partial charge in [0.1, 0.15) is 17.3 Å². The van der Waals surface area contributed by atoms with E-state index in [2.05, 4.69) is 45.2 Å². The summed E-state index contributed by atoms with van der Waals surface area (Å²) in [5, 5.41) is 21.3. The Morgan fingerprint density at radius 1 is 1.26 bits per heavy atom. The van der Waals surface area contributed by atoms with Crippen molar-refractivity contribution in [2.75, 3.05) is 18.4 Å². The van der Waals surface area contributed by atoms with Crippen molar-refractivity contribution < 1.29 is 9.90 Å². The normalized spacial score (nSPS) is 11.0. The second-order valence-electron chi connectivity index (χ2n) is 5.96. The highest BCUT2D eigenvalue weighted by Gasteiger charge is 2.07. The summed E-state index contributed by atoms with van der Waals surface area (Å²) in [4.78, 5) is 20.9. The van der Waals surface area contributed by atoms with Gasteiger partial charge in [-0.05, 0) is 37.1 Å². The van der Waals surface area contributed by atoms with E-state index in [1.54, 1.807) is 23.5 Å². The van der Waals surface area contributed by atoms with Crippen LogP contribution in [-0.4, -0.2) is 35.0 Å². The van der Waals surface area contributed by atoms with Crippen LogP contribution in [0.3, 0.4) is 0 Å². The van der Waals surface area contributed by atoms with E-state index in [-0.39, 0.29) is 42.2 Å². The Balaban J connectivity index is 0.00000364. The summed E-state index contributed by atoms with van der Waals surface area (Å²) in [5.41, 5.74) is 1.70. The average Bonchev–Trinajstić information content (AvgIpc) is 3.09. The molecule has 4 N–H and O–H groups in total. The van der Waals surface area contributed by atoms with Crippen molar-refractivity contribution in [2.45, 2.75) is 33.2 Å². The van der Waals surface area contributed by atoms with E-state index in [9.17, 15) is 9.90 Å². The summed E-state index contributed by atoms with van der Waals surface area (Å²) in [6.45, 7) is 7.44. The molecule has 0 aliphatic carbocycles. The summed E-state index contributed by atoms with van der Waals surface area (Å²) in [6, 6.07) is 6.30. The fourth-order valence-electron chi connectivity index (χ4n) is 2.07. The number of carbonyl (C=O) groups is 1. The minimum atomic E-state index is -0.232. The number of thiazole rings is 1. The van der Waals surface area contributed by atoms with E-state index in [1.807, 2.05) is 6.92 Å². The Morgan fingerprint density at radius 2 is 1.96 bits per heavy atom. The first-order valence-corrected chi connectivity index (χ1v) is 9.41. The third-order valence-electron chi connectivity index (χ3n) is 3.44. The Labute approximate surface area is 180 Å². The van der Waals surface area contributed by atoms with Gasteiger partial charge in [0.05, 0.1) is 12.2 Å². The third kappa shape index (κ3) is 8.12. The summed E-state index contributed by atoms with van der Waals surface area (Å²) < 4.78 is 0. The molecule has 1 amide bonds. The molecule has 0 bridgehead atoms. The summed E-state index contributed by atoms with van der Waals surface area (Å²) in [5.74, 6) is 0.895. The highest BCUT2D eigenvalue weighted by atomic mass is 127. The molecule has 0 radical (unpaired) electrons. The number of aliphatic imine (C=N–C) groups is 1. The molecule has 0 fully saturated rings. The second kappa shape index (κ2) is 11.8. The molecule has 7 nitrogen and oxygen atoms in total. The highest BCUT2D eigenvalue weighted by Crippen LogP contribution is 2.17. The fourth-order valence-corrected chi connectivity index (χ4v) is 2.96. The number of halogens is 1. The van der Waals surface area contributed by atoms with Crippen molar-refractivity contribution in [1.82, 2.24) is 15.6 Å². The Morgan fingerprint density at radius 3 is 2.56 bits per heavy atom. The van der Waals surface area contributed by atoms with Crippen molar-refractivity contribution in [3.8, 4) is 5.75 Å². The van der Waals surface area contributed by atoms with Crippen LogP contribution in [-0.2, 0) is 11.3 Å². The highest BCUT2D eigenvalue weighted by molar-refractivity contribution is 14.0. The fraction of sp³-hybridized carbons (Fsp3) is 0.389. The van der Waals surface area contributed by atoms with Gasteiger partial charge in [-0.15, -0.1) is 35.3 Å². The number of carbonyl (C=O) groups excluding carboxylic acids is 1. The number of hydrogen-bond acceptors (Lipinski definition) is 5. The van der Waals surface area contributed by atoms with Crippen molar-refractivity contribution in [3.05, 3.63) is 40.3 Å². The number of phenolic OH excluding ortho intramolecular Hbond substituents is 1. The van der Waals surface area contributed by atoms with E-state index in [1.165, 1.54) is 12.1 Å². The van der Waals surface area contributed by atoms with Gasteiger partial charge in [-0.3, -0.25) is 4.79 Å². The van der Waals surface area contributed by atoms with Gasteiger partial charge in [0.2, 0.25) is 5.91 Å². The minimum absolute atomic E-state index is 0. The largest absolute Gasteiger partial charge is 0.508 e. The predicted octanol–water partition coefficient (Wildman–Crippen LogP) is 3.28. The van der Waals surface area contributed by atoms with Gasteiger partial charge in [-0.1, -0.05) is 13.8 Å². The lowest BCUT2D eigenvalue weighted by Crippen LogP contribution is -2.37. The lowest BCUT2D eigenvalue weighted by molar-refractivity contribution is -0.114. The first-order chi connectivity index (χ1) is 12.5. The van der Waals surface area contributed by atoms with Crippen LogP contribution in [0.2, 0.25) is 0 Å². The van der Waals surface area contributed by atoms with Gasteiger partial charge in [0, 0.05) is 17.6 Å². The zero-order valence-corrected chi connectivity index (χ0v) is 18.8. The number of benzene rings is 1. The van der Waals surface area contributed by atoms with Gasteiger partial charge in [0.25, 0.3) is 0 Å². The predicted molar refractivity (Wildman–Crippen MR) is 121 cm³/mol. The molecule has 0 saturated heterocycles. The molecule has 9 heteroatoms. The van der Waals surface area contributed by atoms with Crippen molar-refractivity contribution in [1.29, 1.82) is 0 Å². The molecule has 2 aromatic rings. The van der Waals surface area contributed by atoms with Gasteiger partial charge < -0.3 is 21.1 Å². The van der Waals surface area contributed by atoms with Crippen LogP contribution in [0.1, 0.15) is 37.4 Å². The number of nitrogens with zero attached hydrogens (tertiary/aromatic N) is 2. The number of nitrogens with one attached hydrogen (secondary N) is 3. The van der Waals surface area contributed by atoms with Crippen LogP contribution in [0.25, 0.3) is 0 Å². The molecule has 1 heterocycles. The number of phenols is 1. The van der Waals surface area contributed by atoms with Crippen LogP contribution in [0, 0.1) is 0 Å². The molecule has 0 aliphatic rings. The van der Waals surface area contributed by atoms with Gasteiger partial charge in [0.15, 0.2) is 5.96 Å². The Bertz CT molecular complexity index is 746.